The van der Waals surface area contributed by atoms with Gasteiger partial charge in [-0.2, -0.15) is 0 Å². The molecule has 0 aromatic carbocycles. The molecule has 2 heterocycles. The molecule has 1 aromatic rings. The monoisotopic (exact) mass is 192 g/mol. The Kier molecular flexibility index (Phi) is 2.41. The number of hydrogen-bond donors (Lipinski definition) is 2. The molecular formula is C9H12N4O. The molecule has 1 saturated heterocycles. The molecule has 1 fully saturated rings. The zero-order chi connectivity index (χ0) is 9.97. The van der Waals surface area contributed by atoms with Crippen LogP contribution in [0.5, 0.6) is 0 Å². The van der Waals surface area contributed by atoms with Crippen molar-refractivity contribution >= 4 is 11.6 Å². The van der Waals surface area contributed by atoms with E-state index in [0.717, 1.165) is 13.0 Å². The summed E-state index contributed by atoms with van der Waals surface area (Å²) in [6.45, 7) is 2.72. The molecule has 74 valence electrons. The largest absolute Gasteiger partial charge is 0.322 e. The molecule has 0 saturated carbocycles. The third kappa shape index (κ3) is 1.88. The molecule has 0 radical (unpaired) electrons. The van der Waals surface area contributed by atoms with Gasteiger partial charge in [-0.05, 0) is 19.9 Å². The van der Waals surface area contributed by atoms with Gasteiger partial charge in [0.05, 0.1) is 24.1 Å². The van der Waals surface area contributed by atoms with E-state index in [-0.39, 0.29) is 11.9 Å². The topological polar surface area (TPSA) is 66.9 Å². The van der Waals surface area contributed by atoms with Crippen molar-refractivity contribution in [3.05, 3.63) is 18.2 Å². The molecule has 14 heavy (non-hydrogen) atoms. The van der Waals surface area contributed by atoms with Gasteiger partial charge in [-0.3, -0.25) is 4.79 Å². The van der Waals surface area contributed by atoms with Crippen LogP contribution in [-0.2, 0) is 4.79 Å². The Morgan fingerprint density at radius 1 is 1.57 bits per heavy atom. The first kappa shape index (κ1) is 9.08. The molecule has 0 unspecified atom stereocenters. The third-order valence-corrected chi connectivity index (χ3v) is 2.19. The van der Waals surface area contributed by atoms with E-state index in [1.807, 2.05) is 0 Å². The highest BCUT2D eigenvalue weighted by atomic mass is 16.2. The summed E-state index contributed by atoms with van der Waals surface area (Å²) in [6.07, 6.45) is 4.12. The number of hydrogen-bond acceptors (Lipinski definition) is 4. The summed E-state index contributed by atoms with van der Waals surface area (Å²) in [4.78, 5) is 19.4. The number of carbonyl (C=O) groups excluding carboxylic acids is 1. The lowest BCUT2D eigenvalue weighted by molar-refractivity contribution is -0.119. The van der Waals surface area contributed by atoms with Gasteiger partial charge in [-0.25, -0.2) is 9.97 Å². The van der Waals surface area contributed by atoms with Crippen molar-refractivity contribution in [3.8, 4) is 0 Å². The van der Waals surface area contributed by atoms with Gasteiger partial charge in [0.2, 0.25) is 5.91 Å². The fourth-order valence-corrected chi connectivity index (χ4v) is 1.20. The highest BCUT2D eigenvalue weighted by molar-refractivity contribution is 5.95. The van der Waals surface area contributed by atoms with Crippen molar-refractivity contribution in [1.29, 1.82) is 0 Å². The predicted molar refractivity (Wildman–Crippen MR) is 51.8 cm³/mol. The van der Waals surface area contributed by atoms with Crippen LogP contribution in [0.3, 0.4) is 0 Å². The predicted octanol–water partition coefficient (Wildman–Crippen LogP) is 0.0854. The van der Waals surface area contributed by atoms with Crippen molar-refractivity contribution in [1.82, 2.24) is 15.3 Å². The molecule has 2 rings (SSSR count). The van der Waals surface area contributed by atoms with E-state index in [4.69, 9.17) is 0 Å². The maximum atomic E-state index is 11.5. The van der Waals surface area contributed by atoms with Gasteiger partial charge < -0.3 is 10.6 Å². The van der Waals surface area contributed by atoms with Crippen molar-refractivity contribution in [2.75, 3.05) is 11.9 Å². The zero-order valence-electron chi connectivity index (χ0n) is 7.95. The second-order valence-electron chi connectivity index (χ2n) is 3.30. The molecule has 5 nitrogen and oxygen atoms in total. The summed E-state index contributed by atoms with van der Waals surface area (Å²) in [7, 11) is 0. The molecular weight excluding hydrogens is 180 g/mol. The van der Waals surface area contributed by atoms with E-state index in [1.165, 1.54) is 0 Å². The number of nitrogens with zero attached hydrogens (tertiary/aromatic N) is 2. The van der Waals surface area contributed by atoms with Crippen molar-refractivity contribution < 1.29 is 4.79 Å². The van der Waals surface area contributed by atoms with Crippen LogP contribution in [0.15, 0.2) is 12.4 Å². The molecule has 1 amide bonds. The summed E-state index contributed by atoms with van der Waals surface area (Å²) >= 11 is 0. The summed E-state index contributed by atoms with van der Waals surface area (Å²) in [6, 6.07) is -0.0451. The second-order valence-corrected chi connectivity index (χ2v) is 3.30. The van der Waals surface area contributed by atoms with Gasteiger partial charge in [0.25, 0.3) is 0 Å². The standard InChI is InChI=1S/C9H12N4O/c1-6-11-4-7(5-12-6)13-9(14)8-2-3-10-8/h4-5,8,10H,2-3H2,1H3,(H,13,14)/t8-/m1/s1. The van der Waals surface area contributed by atoms with Gasteiger partial charge in [0.1, 0.15) is 5.82 Å². The zero-order valence-corrected chi connectivity index (χ0v) is 7.95. The van der Waals surface area contributed by atoms with Gasteiger partial charge >= 0.3 is 0 Å². The quantitative estimate of drug-likeness (QED) is 0.696. The summed E-state index contributed by atoms with van der Waals surface area (Å²) in [5.74, 6) is 0.688. The third-order valence-electron chi connectivity index (χ3n) is 2.19. The molecule has 0 aliphatic carbocycles. The van der Waals surface area contributed by atoms with Crippen molar-refractivity contribution in [2.24, 2.45) is 0 Å². The number of carbonyl (C=O) groups is 1. The van der Waals surface area contributed by atoms with E-state index < -0.39 is 0 Å². The fraction of sp³-hybridized carbons (Fsp3) is 0.444. The van der Waals surface area contributed by atoms with Gasteiger partial charge in [0, 0.05) is 0 Å². The highest BCUT2D eigenvalue weighted by Gasteiger charge is 2.24. The van der Waals surface area contributed by atoms with Crippen LogP contribution in [0.4, 0.5) is 5.69 Å². The van der Waals surface area contributed by atoms with E-state index in [9.17, 15) is 4.79 Å². The summed E-state index contributed by atoms with van der Waals surface area (Å²) in [5.41, 5.74) is 0.648. The van der Waals surface area contributed by atoms with Gasteiger partial charge in [-0.1, -0.05) is 0 Å². The van der Waals surface area contributed by atoms with Crippen LogP contribution in [0.2, 0.25) is 0 Å². The Morgan fingerprint density at radius 2 is 2.21 bits per heavy atom. The van der Waals surface area contributed by atoms with Crippen LogP contribution >= 0.6 is 0 Å². The summed E-state index contributed by atoms with van der Waals surface area (Å²) < 4.78 is 0. The molecule has 5 heteroatoms. The van der Waals surface area contributed by atoms with Crippen molar-refractivity contribution in [3.63, 3.8) is 0 Å². The highest BCUT2D eigenvalue weighted by Crippen LogP contribution is 2.07. The minimum Gasteiger partial charge on any atom is -0.322 e. The van der Waals surface area contributed by atoms with Crippen LogP contribution < -0.4 is 10.6 Å². The lowest BCUT2D eigenvalue weighted by Gasteiger charge is -2.26. The Morgan fingerprint density at radius 3 is 2.71 bits per heavy atom. The second kappa shape index (κ2) is 3.71. The van der Waals surface area contributed by atoms with E-state index in [1.54, 1.807) is 19.3 Å². The van der Waals surface area contributed by atoms with Crippen LogP contribution in [0.1, 0.15) is 12.2 Å². The Balaban J connectivity index is 1.96. The Hall–Kier alpha value is -1.49. The number of anilines is 1. The lowest BCUT2D eigenvalue weighted by atomic mass is 10.1. The number of aryl methyl sites for hydroxylation is 1. The SMILES string of the molecule is Cc1ncc(NC(=O)[C@H]2CCN2)cn1. The summed E-state index contributed by atoms with van der Waals surface area (Å²) in [5, 5.41) is 5.77. The van der Waals surface area contributed by atoms with Gasteiger partial charge in [-0.15, -0.1) is 0 Å². The molecule has 1 aliphatic rings. The van der Waals surface area contributed by atoms with E-state index in [2.05, 4.69) is 20.6 Å². The first-order valence-corrected chi connectivity index (χ1v) is 4.58. The minimum absolute atomic E-state index is 0.0105. The van der Waals surface area contributed by atoms with Crippen LogP contribution in [-0.4, -0.2) is 28.5 Å². The molecule has 0 spiro atoms. The fourth-order valence-electron chi connectivity index (χ4n) is 1.20. The van der Waals surface area contributed by atoms with Crippen LogP contribution in [0, 0.1) is 6.92 Å². The average Bonchev–Trinajstić information content (AvgIpc) is 2.06. The molecule has 1 aromatic heterocycles. The molecule has 1 atom stereocenters. The Labute approximate surface area is 82.0 Å². The maximum absolute atomic E-state index is 11.5. The first-order chi connectivity index (χ1) is 6.75. The minimum atomic E-state index is -0.0451. The number of nitrogens with one attached hydrogen (secondary N) is 2. The number of rotatable bonds is 2. The molecule has 0 bridgehead atoms. The normalized spacial score (nSPS) is 19.9. The van der Waals surface area contributed by atoms with E-state index in [0.29, 0.717) is 11.5 Å². The molecule has 2 N–H and O–H groups in total. The maximum Gasteiger partial charge on any atom is 0.241 e. The number of amides is 1. The first-order valence-electron chi connectivity index (χ1n) is 4.58. The number of aromatic nitrogens is 2. The van der Waals surface area contributed by atoms with Gasteiger partial charge in [0.15, 0.2) is 0 Å². The average molecular weight is 192 g/mol. The lowest BCUT2D eigenvalue weighted by Crippen LogP contribution is -2.50. The van der Waals surface area contributed by atoms with Crippen molar-refractivity contribution in [2.45, 2.75) is 19.4 Å². The van der Waals surface area contributed by atoms with Crippen LogP contribution in [0.25, 0.3) is 0 Å². The van der Waals surface area contributed by atoms with E-state index >= 15 is 0 Å². The smallest absolute Gasteiger partial charge is 0.241 e. The molecule has 1 aliphatic heterocycles. The Bertz CT molecular complexity index is 331.